The summed E-state index contributed by atoms with van der Waals surface area (Å²) in [5.41, 5.74) is 6.40. The van der Waals surface area contributed by atoms with E-state index in [1.807, 2.05) is 24.5 Å². The molecule has 9 heteroatoms. The van der Waals surface area contributed by atoms with E-state index in [0.717, 1.165) is 22.6 Å². The molecule has 0 atom stereocenters. The van der Waals surface area contributed by atoms with Crippen molar-refractivity contribution in [1.29, 1.82) is 0 Å². The molecule has 3 rings (SSSR count). The summed E-state index contributed by atoms with van der Waals surface area (Å²) in [6, 6.07) is 14.9. The van der Waals surface area contributed by atoms with E-state index in [1.165, 1.54) is 12.1 Å². The number of nitrogens with zero attached hydrogens (tertiary/aromatic N) is 2. The smallest absolute Gasteiger partial charge is 0.271 e. The SMILES string of the molecule is COc1ccc(C(=O)N/N=C\c2cc(C)n(-c3ccc(S(N)(=O)=O)cc3)c2C)cc1. The lowest BCUT2D eigenvalue weighted by Crippen LogP contribution is -2.17. The number of carbonyl (C=O) groups excluding carboxylic acids is 1. The van der Waals surface area contributed by atoms with Crippen LogP contribution in [0.1, 0.15) is 27.3 Å². The molecule has 0 bridgehead atoms. The van der Waals surface area contributed by atoms with Gasteiger partial charge in [-0.15, -0.1) is 0 Å². The summed E-state index contributed by atoms with van der Waals surface area (Å²) in [4.78, 5) is 12.2. The minimum absolute atomic E-state index is 0.0525. The first kappa shape index (κ1) is 21.3. The average Bonchev–Trinajstić information content (AvgIpc) is 3.00. The predicted molar refractivity (Wildman–Crippen MR) is 115 cm³/mol. The van der Waals surface area contributed by atoms with Gasteiger partial charge in [0.15, 0.2) is 0 Å². The fraction of sp³-hybridized carbons (Fsp3) is 0.143. The number of aromatic nitrogens is 1. The van der Waals surface area contributed by atoms with Gasteiger partial charge in [-0.3, -0.25) is 4.79 Å². The van der Waals surface area contributed by atoms with Gasteiger partial charge in [0, 0.05) is 28.2 Å². The Morgan fingerprint density at radius 2 is 1.73 bits per heavy atom. The van der Waals surface area contributed by atoms with Crippen LogP contribution in [-0.4, -0.2) is 32.2 Å². The van der Waals surface area contributed by atoms with E-state index in [9.17, 15) is 13.2 Å². The zero-order chi connectivity index (χ0) is 21.9. The predicted octanol–water partition coefficient (Wildman–Crippen LogP) is 2.51. The Kier molecular flexibility index (Phi) is 6.04. The second-order valence-electron chi connectivity index (χ2n) is 6.63. The minimum Gasteiger partial charge on any atom is -0.497 e. The number of amides is 1. The van der Waals surface area contributed by atoms with Crippen molar-refractivity contribution in [3.63, 3.8) is 0 Å². The fourth-order valence-corrected chi connectivity index (χ4v) is 3.58. The Morgan fingerprint density at radius 3 is 2.30 bits per heavy atom. The van der Waals surface area contributed by atoms with Gasteiger partial charge in [-0.2, -0.15) is 5.10 Å². The van der Waals surface area contributed by atoms with Gasteiger partial charge in [0.1, 0.15) is 5.75 Å². The minimum atomic E-state index is -3.74. The van der Waals surface area contributed by atoms with E-state index >= 15 is 0 Å². The molecule has 1 aromatic heterocycles. The molecule has 30 heavy (non-hydrogen) atoms. The average molecular weight is 426 g/mol. The Hall–Kier alpha value is -3.43. The van der Waals surface area contributed by atoms with Crippen LogP contribution in [0.15, 0.2) is 64.6 Å². The largest absolute Gasteiger partial charge is 0.497 e. The number of nitrogens with two attached hydrogens (primary N) is 1. The maximum absolute atomic E-state index is 12.2. The van der Waals surface area contributed by atoms with E-state index < -0.39 is 10.0 Å². The molecule has 0 saturated carbocycles. The maximum Gasteiger partial charge on any atom is 0.271 e. The molecule has 2 aromatic carbocycles. The first-order chi connectivity index (χ1) is 14.2. The number of hydrogen-bond acceptors (Lipinski definition) is 5. The second kappa shape index (κ2) is 8.52. The molecule has 3 N–H and O–H groups in total. The molecule has 1 amide bonds. The maximum atomic E-state index is 12.2. The number of nitrogens with one attached hydrogen (secondary N) is 1. The molecule has 156 valence electrons. The van der Waals surface area contributed by atoms with Crippen LogP contribution < -0.4 is 15.3 Å². The van der Waals surface area contributed by atoms with Crippen molar-refractivity contribution in [1.82, 2.24) is 9.99 Å². The van der Waals surface area contributed by atoms with Crippen LogP contribution in [0.25, 0.3) is 5.69 Å². The summed E-state index contributed by atoms with van der Waals surface area (Å²) in [7, 11) is -2.18. The van der Waals surface area contributed by atoms with Gasteiger partial charge in [-0.05, 0) is 68.4 Å². The number of benzene rings is 2. The van der Waals surface area contributed by atoms with Crippen LogP contribution in [0.5, 0.6) is 5.75 Å². The number of hydrazone groups is 1. The highest BCUT2D eigenvalue weighted by molar-refractivity contribution is 7.89. The highest BCUT2D eigenvalue weighted by Crippen LogP contribution is 2.21. The molecular weight excluding hydrogens is 404 g/mol. The third-order valence-corrected chi connectivity index (χ3v) is 5.54. The highest BCUT2D eigenvalue weighted by Gasteiger charge is 2.12. The topological polar surface area (TPSA) is 116 Å². The first-order valence-electron chi connectivity index (χ1n) is 9.00. The van der Waals surface area contributed by atoms with Crippen LogP contribution in [0.4, 0.5) is 0 Å². The van der Waals surface area contributed by atoms with Gasteiger partial charge in [0.25, 0.3) is 5.91 Å². The van der Waals surface area contributed by atoms with Crippen LogP contribution in [0.2, 0.25) is 0 Å². The zero-order valence-electron chi connectivity index (χ0n) is 16.8. The molecule has 0 spiro atoms. The molecule has 0 radical (unpaired) electrons. The van der Waals surface area contributed by atoms with Gasteiger partial charge in [-0.1, -0.05) is 0 Å². The van der Waals surface area contributed by atoms with E-state index in [-0.39, 0.29) is 10.8 Å². The molecule has 0 fully saturated rings. The van der Waals surface area contributed by atoms with Gasteiger partial charge >= 0.3 is 0 Å². The van der Waals surface area contributed by atoms with Gasteiger partial charge < -0.3 is 9.30 Å². The Labute approximate surface area is 175 Å². The fourth-order valence-electron chi connectivity index (χ4n) is 3.07. The lowest BCUT2D eigenvalue weighted by atomic mass is 10.2. The van der Waals surface area contributed by atoms with Crippen LogP contribution in [0.3, 0.4) is 0 Å². The van der Waals surface area contributed by atoms with E-state index in [0.29, 0.717) is 11.3 Å². The van der Waals surface area contributed by atoms with Crippen molar-refractivity contribution in [3.8, 4) is 11.4 Å². The van der Waals surface area contributed by atoms with Crippen molar-refractivity contribution >= 4 is 22.1 Å². The van der Waals surface area contributed by atoms with Crippen molar-refractivity contribution in [2.75, 3.05) is 7.11 Å². The number of sulfonamides is 1. The van der Waals surface area contributed by atoms with E-state index in [2.05, 4.69) is 10.5 Å². The number of hydrogen-bond donors (Lipinski definition) is 2. The summed E-state index contributed by atoms with van der Waals surface area (Å²) in [5, 5.41) is 9.20. The Bertz CT molecular complexity index is 1200. The second-order valence-corrected chi connectivity index (χ2v) is 8.19. The van der Waals surface area contributed by atoms with Crippen LogP contribution in [0, 0.1) is 13.8 Å². The molecule has 0 aliphatic heterocycles. The quantitative estimate of drug-likeness (QED) is 0.465. The number of carbonyl (C=O) groups is 1. The summed E-state index contributed by atoms with van der Waals surface area (Å²) >= 11 is 0. The van der Waals surface area contributed by atoms with Crippen LogP contribution >= 0.6 is 0 Å². The van der Waals surface area contributed by atoms with E-state index in [4.69, 9.17) is 9.88 Å². The molecule has 3 aromatic rings. The third kappa shape index (κ3) is 4.58. The van der Waals surface area contributed by atoms with Crippen molar-refractivity contribution in [2.24, 2.45) is 10.2 Å². The third-order valence-electron chi connectivity index (χ3n) is 4.62. The Balaban J connectivity index is 1.77. The number of rotatable bonds is 6. The molecule has 1 heterocycles. The number of ether oxygens (including phenoxy) is 1. The standard InChI is InChI=1S/C21H22N4O4S/c1-14-12-17(13-23-24-21(26)16-4-8-19(29-3)9-5-16)15(2)25(14)18-6-10-20(11-7-18)30(22,27)28/h4-13H,1-3H3,(H,24,26)(H2,22,27,28)/b23-13-. The number of primary sulfonamides is 1. The van der Waals surface area contributed by atoms with Crippen molar-refractivity contribution in [2.45, 2.75) is 18.7 Å². The number of aryl methyl sites for hydroxylation is 1. The molecule has 0 aliphatic rings. The van der Waals surface area contributed by atoms with Crippen molar-refractivity contribution < 1.29 is 17.9 Å². The first-order valence-corrected chi connectivity index (χ1v) is 10.5. The summed E-state index contributed by atoms with van der Waals surface area (Å²) in [6.45, 7) is 3.83. The highest BCUT2D eigenvalue weighted by atomic mass is 32.2. The normalized spacial score (nSPS) is 11.6. The lowest BCUT2D eigenvalue weighted by molar-refractivity contribution is 0.0955. The zero-order valence-corrected chi connectivity index (χ0v) is 17.6. The molecule has 0 unspecified atom stereocenters. The van der Waals surface area contributed by atoms with Gasteiger partial charge in [-0.25, -0.2) is 19.0 Å². The lowest BCUT2D eigenvalue weighted by Gasteiger charge is -2.10. The molecule has 0 aliphatic carbocycles. The summed E-state index contributed by atoms with van der Waals surface area (Å²) in [6.07, 6.45) is 1.57. The summed E-state index contributed by atoms with van der Waals surface area (Å²) in [5.74, 6) is 0.334. The summed E-state index contributed by atoms with van der Waals surface area (Å²) < 4.78 is 29.9. The van der Waals surface area contributed by atoms with Gasteiger partial charge in [0.2, 0.25) is 10.0 Å². The Morgan fingerprint density at radius 1 is 1.10 bits per heavy atom. The van der Waals surface area contributed by atoms with E-state index in [1.54, 1.807) is 49.7 Å². The van der Waals surface area contributed by atoms with Gasteiger partial charge in [0.05, 0.1) is 18.2 Å². The molecule has 8 nitrogen and oxygen atoms in total. The van der Waals surface area contributed by atoms with Crippen molar-refractivity contribution in [3.05, 3.63) is 77.1 Å². The van der Waals surface area contributed by atoms with Crippen LogP contribution in [-0.2, 0) is 10.0 Å². The molecule has 0 saturated heterocycles. The number of methoxy groups -OCH3 is 1. The monoisotopic (exact) mass is 426 g/mol. The molecular formula is C21H22N4O4S.